The van der Waals surface area contributed by atoms with Crippen molar-refractivity contribution in [2.75, 3.05) is 6.54 Å². The van der Waals surface area contributed by atoms with Crippen LogP contribution in [0.1, 0.15) is 37.9 Å². The van der Waals surface area contributed by atoms with Crippen LogP contribution in [0.2, 0.25) is 0 Å². The van der Waals surface area contributed by atoms with Gasteiger partial charge in [0.25, 0.3) is 5.69 Å². The molecule has 5 nitrogen and oxygen atoms in total. The van der Waals surface area contributed by atoms with Gasteiger partial charge in [0.15, 0.2) is 0 Å². The fraction of sp³-hybridized carbons (Fsp3) is 0.615. The Bertz CT molecular complexity index is 401. The predicted octanol–water partition coefficient (Wildman–Crippen LogP) is 2.62. The van der Waals surface area contributed by atoms with Crippen molar-refractivity contribution < 1.29 is 4.92 Å². The Labute approximate surface area is 108 Å². The van der Waals surface area contributed by atoms with Gasteiger partial charge in [0.05, 0.1) is 4.92 Å². The lowest BCUT2D eigenvalue weighted by Crippen LogP contribution is -2.31. The van der Waals surface area contributed by atoms with Crippen molar-refractivity contribution in [3.63, 3.8) is 0 Å². The topological polar surface area (TPSA) is 68.1 Å². The normalized spacial score (nSPS) is 12.4. The molecule has 0 aliphatic carbocycles. The second-order valence-corrected chi connectivity index (χ2v) is 4.47. The monoisotopic (exact) mass is 251 g/mol. The van der Waals surface area contributed by atoms with E-state index in [1.54, 1.807) is 6.92 Å². The van der Waals surface area contributed by atoms with Gasteiger partial charge in [0, 0.05) is 23.7 Å². The average Bonchev–Trinajstić information content (AvgIpc) is 2.29. The van der Waals surface area contributed by atoms with Crippen LogP contribution in [0.5, 0.6) is 0 Å². The summed E-state index contributed by atoms with van der Waals surface area (Å²) < 4.78 is 0. The molecule has 1 aromatic heterocycles. The van der Waals surface area contributed by atoms with Gasteiger partial charge in [-0.3, -0.25) is 15.1 Å². The van der Waals surface area contributed by atoms with Gasteiger partial charge in [-0.15, -0.1) is 0 Å². The lowest BCUT2D eigenvalue weighted by atomic mass is 10.0. The van der Waals surface area contributed by atoms with Gasteiger partial charge >= 0.3 is 0 Å². The molecule has 0 fully saturated rings. The summed E-state index contributed by atoms with van der Waals surface area (Å²) >= 11 is 0. The zero-order valence-corrected chi connectivity index (χ0v) is 11.3. The molecule has 1 rings (SSSR count). The molecule has 0 bridgehead atoms. The van der Waals surface area contributed by atoms with E-state index in [1.807, 2.05) is 6.07 Å². The van der Waals surface area contributed by atoms with Gasteiger partial charge in [0.2, 0.25) is 0 Å². The summed E-state index contributed by atoms with van der Waals surface area (Å²) in [6.45, 7) is 6.91. The maximum absolute atomic E-state index is 10.7. The van der Waals surface area contributed by atoms with Crippen LogP contribution < -0.4 is 5.32 Å². The number of aromatic nitrogens is 1. The number of nitrogens with zero attached hydrogens (tertiary/aromatic N) is 2. The first kappa shape index (κ1) is 14.6. The first-order chi connectivity index (χ1) is 8.58. The molecule has 0 saturated carbocycles. The Morgan fingerprint density at radius 2 is 2.22 bits per heavy atom. The minimum absolute atomic E-state index is 0.0919. The highest BCUT2D eigenvalue weighted by molar-refractivity contribution is 5.37. The standard InChI is InChI=1S/C13H21N3O2/c1-4-6-11(14-5-2)8-12-7-10(3)13(9-15-12)16(17)18/h7,9,11,14H,4-6,8H2,1-3H3. The molecule has 1 N–H and O–H groups in total. The molecule has 1 aromatic rings. The summed E-state index contributed by atoms with van der Waals surface area (Å²) in [4.78, 5) is 14.5. The Kier molecular flexibility index (Phi) is 5.71. The zero-order chi connectivity index (χ0) is 13.5. The van der Waals surface area contributed by atoms with Crippen molar-refractivity contribution in [2.24, 2.45) is 0 Å². The summed E-state index contributed by atoms with van der Waals surface area (Å²) in [5, 5.41) is 14.1. The van der Waals surface area contributed by atoms with Crippen molar-refractivity contribution >= 4 is 5.69 Å². The van der Waals surface area contributed by atoms with Crippen molar-refractivity contribution in [2.45, 2.75) is 46.1 Å². The molecule has 1 heterocycles. The van der Waals surface area contributed by atoms with E-state index in [-0.39, 0.29) is 10.6 Å². The Morgan fingerprint density at radius 1 is 1.50 bits per heavy atom. The highest BCUT2D eigenvalue weighted by atomic mass is 16.6. The molecule has 100 valence electrons. The molecule has 18 heavy (non-hydrogen) atoms. The number of hydrogen-bond donors (Lipinski definition) is 1. The number of nitrogens with one attached hydrogen (secondary N) is 1. The Hall–Kier alpha value is -1.49. The van der Waals surface area contributed by atoms with Gasteiger partial charge in [-0.1, -0.05) is 20.3 Å². The largest absolute Gasteiger partial charge is 0.314 e. The molecule has 0 radical (unpaired) electrons. The fourth-order valence-corrected chi connectivity index (χ4v) is 2.08. The number of aryl methyl sites for hydroxylation is 1. The number of likely N-dealkylation sites (N-methyl/N-ethyl adjacent to an activating group) is 1. The van der Waals surface area contributed by atoms with Crippen LogP contribution in [0.3, 0.4) is 0 Å². The van der Waals surface area contributed by atoms with Crippen LogP contribution >= 0.6 is 0 Å². The molecule has 0 aromatic carbocycles. The fourth-order valence-electron chi connectivity index (χ4n) is 2.08. The number of rotatable bonds is 7. The minimum atomic E-state index is -0.389. The van der Waals surface area contributed by atoms with Crippen LogP contribution in [0.15, 0.2) is 12.3 Å². The summed E-state index contributed by atoms with van der Waals surface area (Å²) in [5.41, 5.74) is 1.68. The SMILES string of the molecule is CCCC(Cc1cc(C)c([N+](=O)[O-])cn1)NCC. The molecule has 1 atom stereocenters. The summed E-state index contributed by atoms with van der Waals surface area (Å²) in [5.74, 6) is 0. The quantitative estimate of drug-likeness (QED) is 0.597. The van der Waals surface area contributed by atoms with Gasteiger partial charge in [-0.2, -0.15) is 0 Å². The van der Waals surface area contributed by atoms with Crippen LogP contribution in [0, 0.1) is 17.0 Å². The maximum Gasteiger partial charge on any atom is 0.290 e. The number of nitro groups is 1. The summed E-state index contributed by atoms with van der Waals surface area (Å²) in [6.07, 6.45) is 4.38. The van der Waals surface area contributed by atoms with Crippen molar-refractivity contribution in [1.29, 1.82) is 0 Å². The van der Waals surface area contributed by atoms with E-state index >= 15 is 0 Å². The molecular weight excluding hydrogens is 230 g/mol. The van der Waals surface area contributed by atoms with E-state index in [0.717, 1.165) is 31.5 Å². The van der Waals surface area contributed by atoms with Gasteiger partial charge in [-0.05, 0) is 26.0 Å². The number of hydrogen-bond acceptors (Lipinski definition) is 4. The average molecular weight is 251 g/mol. The smallest absolute Gasteiger partial charge is 0.290 e. The Balaban J connectivity index is 2.77. The third-order valence-electron chi connectivity index (χ3n) is 2.92. The second-order valence-electron chi connectivity index (χ2n) is 4.47. The third kappa shape index (κ3) is 4.07. The molecule has 0 aliphatic heterocycles. The molecule has 0 aliphatic rings. The third-order valence-corrected chi connectivity index (χ3v) is 2.92. The Morgan fingerprint density at radius 3 is 2.72 bits per heavy atom. The molecule has 0 spiro atoms. The highest BCUT2D eigenvalue weighted by Crippen LogP contribution is 2.17. The van der Waals surface area contributed by atoms with E-state index < -0.39 is 0 Å². The van der Waals surface area contributed by atoms with Crippen LogP contribution in [-0.2, 0) is 6.42 Å². The van der Waals surface area contributed by atoms with Gasteiger partial charge in [-0.25, -0.2) is 0 Å². The van der Waals surface area contributed by atoms with Gasteiger partial charge in [0.1, 0.15) is 6.20 Å². The number of pyridine rings is 1. The van der Waals surface area contributed by atoms with E-state index in [0.29, 0.717) is 11.6 Å². The summed E-state index contributed by atoms with van der Waals surface area (Å²) in [7, 11) is 0. The molecule has 0 amide bonds. The predicted molar refractivity (Wildman–Crippen MR) is 71.7 cm³/mol. The highest BCUT2D eigenvalue weighted by Gasteiger charge is 2.14. The van der Waals surface area contributed by atoms with Gasteiger partial charge < -0.3 is 5.32 Å². The maximum atomic E-state index is 10.7. The van der Waals surface area contributed by atoms with E-state index in [4.69, 9.17) is 0 Å². The van der Waals surface area contributed by atoms with E-state index in [9.17, 15) is 10.1 Å². The molecule has 5 heteroatoms. The first-order valence-electron chi connectivity index (χ1n) is 6.41. The lowest BCUT2D eigenvalue weighted by Gasteiger charge is -2.16. The molecular formula is C13H21N3O2. The molecule has 1 unspecified atom stereocenters. The second kappa shape index (κ2) is 7.06. The first-order valence-corrected chi connectivity index (χ1v) is 6.41. The van der Waals surface area contributed by atoms with Crippen molar-refractivity contribution in [3.8, 4) is 0 Å². The van der Waals surface area contributed by atoms with E-state index in [2.05, 4.69) is 24.1 Å². The van der Waals surface area contributed by atoms with Crippen molar-refractivity contribution in [1.82, 2.24) is 10.3 Å². The zero-order valence-electron chi connectivity index (χ0n) is 11.3. The van der Waals surface area contributed by atoms with Crippen molar-refractivity contribution in [3.05, 3.63) is 33.6 Å². The van der Waals surface area contributed by atoms with Crippen LogP contribution in [-0.4, -0.2) is 22.5 Å². The lowest BCUT2D eigenvalue weighted by molar-refractivity contribution is -0.385. The summed E-state index contributed by atoms with van der Waals surface area (Å²) in [6, 6.07) is 2.21. The van der Waals surface area contributed by atoms with Crippen LogP contribution in [0.25, 0.3) is 0 Å². The van der Waals surface area contributed by atoms with E-state index in [1.165, 1.54) is 6.20 Å². The molecule has 0 saturated heterocycles. The van der Waals surface area contributed by atoms with Crippen LogP contribution in [0.4, 0.5) is 5.69 Å². The minimum Gasteiger partial charge on any atom is -0.314 e.